The Morgan fingerprint density at radius 1 is 0.920 bits per heavy atom. The third kappa shape index (κ3) is 2.10. The number of nitrogens with zero attached hydrogens (tertiary/aromatic N) is 1. The maximum absolute atomic E-state index is 3.84. The molecule has 2 aliphatic heterocycles. The van der Waals surface area contributed by atoms with E-state index in [-0.39, 0.29) is 11.6 Å². The van der Waals surface area contributed by atoms with Crippen molar-refractivity contribution >= 4 is 11.4 Å². The van der Waals surface area contributed by atoms with E-state index in [1.54, 1.807) is 0 Å². The van der Waals surface area contributed by atoms with Gasteiger partial charge < -0.3 is 10.2 Å². The maximum atomic E-state index is 3.84. The Bertz CT molecular complexity index is 918. The Hall–Kier alpha value is -2.74. The van der Waals surface area contributed by atoms with Crippen molar-refractivity contribution in [2.75, 3.05) is 17.3 Å². The van der Waals surface area contributed by atoms with E-state index in [2.05, 4.69) is 96.1 Å². The van der Waals surface area contributed by atoms with Gasteiger partial charge in [0.25, 0.3) is 0 Å². The summed E-state index contributed by atoms with van der Waals surface area (Å²) in [6.45, 7) is 0. The van der Waals surface area contributed by atoms with Gasteiger partial charge in [0, 0.05) is 23.8 Å². The van der Waals surface area contributed by atoms with Gasteiger partial charge in [-0.3, -0.25) is 0 Å². The van der Waals surface area contributed by atoms with Gasteiger partial charge in [0.1, 0.15) is 6.17 Å². The first-order chi connectivity index (χ1) is 12.3. The van der Waals surface area contributed by atoms with Gasteiger partial charge in [-0.05, 0) is 41.7 Å². The molecule has 2 aliphatic rings. The molecule has 0 aliphatic carbocycles. The normalized spacial score (nSPS) is 23.4. The molecule has 2 heteroatoms. The van der Waals surface area contributed by atoms with Crippen LogP contribution >= 0.6 is 0 Å². The van der Waals surface area contributed by atoms with E-state index in [1.165, 1.54) is 28.1 Å². The van der Waals surface area contributed by atoms with Crippen LogP contribution in [-0.4, -0.2) is 13.2 Å². The van der Waals surface area contributed by atoms with Crippen LogP contribution in [-0.2, 0) is 18.3 Å². The van der Waals surface area contributed by atoms with Gasteiger partial charge in [0.05, 0.1) is 0 Å². The number of benzene rings is 3. The van der Waals surface area contributed by atoms with E-state index >= 15 is 0 Å². The Labute approximate surface area is 149 Å². The molecule has 0 saturated heterocycles. The van der Waals surface area contributed by atoms with Crippen molar-refractivity contribution in [2.45, 2.75) is 24.4 Å². The monoisotopic (exact) mass is 326 g/mol. The van der Waals surface area contributed by atoms with Gasteiger partial charge in [0.2, 0.25) is 0 Å². The van der Waals surface area contributed by atoms with Crippen LogP contribution in [0.3, 0.4) is 0 Å². The second-order valence-corrected chi connectivity index (χ2v) is 7.33. The number of para-hydroxylation sites is 2. The molecule has 0 aromatic heterocycles. The van der Waals surface area contributed by atoms with Crippen LogP contribution in [0.4, 0.5) is 11.4 Å². The van der Waals surface area contributed by atoms with Crippen LogP contribution in [0.1, 0.15) is 16.7 Å². The van der Waals surface area contributed by atoms with Crippen molar-refractivity contribution in [1.82, 2.24) is 0 Å². The highest BCUT2D eigenvalue weighted by molar-refractivity contribution is 5.70. The first kappa shape index (κ1) is 14.6. The van der Waals surface area contributed by atoms with Crippen LogP contribution in [0, 0.1) is 0 Å². The summed E-state index contributed by atoms with van der Waals surface area (Å²) in [4.78, 5) is 2.42. The molecule has 0 unspecified atom stereocenters. The fraction of sp³-hybridized carbons (Fsp3) is 0.217. The minimum Gasteiger partial charge on any atom is -0.364 e. The molecule has 0 bridgehead atoms. The molecule has 1 N–H and O–H groups in total. The highest BCUT2D eigenvalue weighted by Crippen LogP contribution is 2.51. The molecule has 124 valence electrons. The number of nitrogens with one attached hydrogen (secondary N) is 1. The fourth-order valence-electron chi connectivity index (χ4n) is 4.80. The summed E-state index contributed by atoms with van der Waals surface area (Å²) >= 11 is 0. The number of fused-ring (bicyclic) bond motifs is 4. The van der Waals surface area contributed by atoms with E-state index in [4.69, 9.17) is 0 Å². The Morgan fingerprint density at radius 2 is 1.64 bits per heavy atom. The van der Waals surface area contributed by atoms with Crippen LogP contribution in [0.2, 0.25) is 0 Å². The van der Waals surface area contributed by atoms with Crippen LogP contribution in [0.25, 0.3) is 0 Å². The summed E-state index contributed by atoms with van der Waals surface area (Å²) in [6.07, 6.45) is 2.39. The zero-order valence-electron chi connectivity index (χ0n) is 14.4. The third-order valence-corrected chi connectivity index (χ3v) is 5.91. The molecule has 0 amide bonds. The minimum atomic E-state index is 0.0566. The molecule has 3 aromatic rings. The second kappa shape index (κ2) is 5.38. The first-order valence-electron chi connectivity index (χ1n) is 8.99. The molecule has 2 atom stereocenters. The predicted octanol–water partition coefficient (Wildman–Crippen LogP) is 4.61. The summed E-state index contributed by atoms with van der Waals surface area (Å²) in [5, 5.41) is 3.84. The van der Waals surface area contributed by atoms with Crippen molar-refractivity contribution in [2.24, 2.45) is 0 Å². The van der Waals surface area contributed by atoms with Crippen molar-refractivity contribution in [3.05, 3.63) is 95.6 Å². The van der Waals surface area contributed by atoms with Gasteiger partial charge in [-0.1, -0.05) is 66.7 Å². The molecule has 5 rings (SSSR count). The smallest absolute Gasteiger partial charge is 0.109 e. The van der Waals surface area contributed by atoms with Crippen molar-refractivity contribution in [1.29, 1.82) is 0 Å². The zero-order chi connectivity index (χ0) is 16.9. The molecule has 0 saturated carbocycles. The molecule has 0 fully saturated rings. The molecular formula is C23H22N2. The van der Waals surface area contributed by atoms with Gasteiger partial charge >= 0.3 is 0 Å². The lowest BCUT2D eigenvalue weighted by Crippen LogP contribution is -2.53. The largest absolute Gasteiger partial charge is 0.364 e. The lowest BCUT2D eigenvalue weighted by molar-refractivity contribution is 0.366. The first-order valence-corrected chi connectivity index (χ1v) is 8.99. The minimum absolute atomic E-state index is 0.0566. The number of hydrogen-bond acceptors (Lipinski definition) is 2. The zero-order valence-corrected chi connectivity index (χ0v) is 14.4. The lowest BCUT2D eigenvalue weighted by atomic mass is 9.69. The van der Waals surface area contributed by atoms with E-state index in [1.807, 2.05) is 0 Å². The molecule has 25 heavy (non-hydrogen) atoms. The van der Waals surface area contributed by atoms with Gasteiger partial charge in [-0.2, -0.15) is 0 Å². The van der Waals surface area contributed by atoms with E-state index in [0.717, 1.165) is 12.8 Å². The number of rotatable bonds is 2. The van der Waals surface area contributed by atoms with E-state index in [9.17, 15) is 0 Å². The van der Waals surface area contributed by atoms with E-state index in [0.29, 0.717) is 0 Å². The average molecular weight is 326 g/mol. The predicted molar refractivity (Wildman–Crippen MR) is 104 cm³/mol. The summed E-state index contributed by atoms with van der Waals surface area (Å²) in [7, 11) is 2.22. The molecule has 3 aromatic carbocycles. The lowest BCUT2D eigenvalue weighted by Gasteiger charge is -2.44. The quantitative estimate of drug-likeness (QED) is 0.740. The number of likely N-dealkylation sites (N-methyl/N-ethyl adjacent to an activating group) is 1. The van der Waals surface area contributed by atoms with Gasteiger partial charge in [-0.15, -0.1) is 0 Å². The SMILES string of the molecule is CN1c2ccccc2[C@]2(Cc3ccccc3)Cc3ccccc3N[C@H]12. The van der Waals surface area contributed by atoms with Gasteiger partial charge in [0.15, 0.2) is 0 Å². The summed E-state index contributed by atoms with van der Waals surface area (Å²) in [5.41, 5.74) is 6.97. The van der Waals surface area contributed by atoms with Crippen LogP contribution < -0.4 is 10.2 Å². The standard InChI is InChI=1S/C23H22N2/c1-25-21-14-8-6-12-19(21)23(15-17-9-3-2-4-10-17)16-18-11-5-7-13-20(18)24-22(23)25/h2-14,22,24H,15-16H2,1H3/t22-,23+/m1/s1. The van der Waals surface area contributed by atoms with Gasteiger partial charge in [-0.25, -0.2) is 0 Å². The maximum Gasteiger partial charge on any atom is 0.109 e. The molecule has 2 heterocycles. The second-order valence-electron chi connectivity index (χ2n) is 7.33. The Kier molecular flexibility index (Phi) is 3.14. The molecule has 0 spiro atoms. The molecule has 2 nitrogen and oxygen atoms in total. The van der Waals surface area contributed by atoms with Crippen molar-refractivity contribution < 1.29 is 0 Å². The summed E-state index contributed by atoms with van der Waals surface area (Å²) < 4.78 is 0. The average Bonchev–Trinajstić information content (AvgIpc) is 2.90. The van der Waals surface area contributed by atoms with E-state index < -0.39 is 0 Å². The third-order valence-electron chi connectivity index (χ3n) is 5.91. The number of anilines is 2. The van der Waals surface area contributed by atoms with Crippen molar-refractivity contribution in [3.63, 3.8) is 0 Å². The Morgan fingerprint density at radius 3 is 2.52 bits per heavy atom. The van der Waals surface area contributed by atoms with Crippen molar-refractivity contribution in [3.8, 4) is 0 Å². The summed E-state index contributed by atoms with van der Waals surface area (Å²) in [5.74, 6) is 0. The number of hydrogen-bond donors (Lipinski definition) is 1. The molecule has 0 radical (unpaired) electrons. The van der Waals surface area contributed by atoms with Crippen LogP contribution in [0.5, 0.6) is 0 Å². The Balaban J connectivity index is 1.70. The topological polar surface area (TPSA) is 15.3 Å². The summed E-state index contributed by atoms with van der Waals surface area (Å²) in [6, 6.07) is 28.6. The van der Waals surface area contributed by atoms with Crippen LogP contribution in [0.15, 0.2) is 78.9 Å². The highest BCUT2D eigenvalue weighted by Gasteiger charge is 2.52. The highest BCUT2D eigenvalue weighted by atomic mass is 15.3. The molecular weight excluding hydrogens is 304 g/mol. The fourth-order valence-corrected chi connectivity index (χ4v) is 4.80.